The van der Waals surface area contributed by atoms with Gasteiger partial charge >= 0.3 is 6.01 Å². The summed E-state index contributed by atoms with van der Waals surface area (Å²) >= 11 is 1.43. The molecule has 0 saturated heterocycles. The minimum absolute atomic E-state index is 0.0443. The zero-order valence-corrected chi connectivity index (χ0v) is 21.2. The molecule has 0 aliphatic rings. The molecule has 0 bridgehead atoms. The predicted octanol–water partition coefficient (Wildman–Crippen LogP) is 4.36. The molecule has 0 radical (unpaired) electrons. The smallest absolute Gasteiger partial charge is 0.322 e. The van der Waals surface area contributed by atoms with Gasteiger partial charge in [-0.25, -0.2) is 13.4 Å². The van der Waals surface area contributed by atoms with Gasteiger partial charge in [-0.15, -0.1) is 16.4 Å². The standard InChI is InChI=1S/C22H29N5O4S2/c1-13(2)11-27(12-14(3)4)33(29,30)18-9-7-17(8-10-18)20(28)24-22-26-25-21(31-22)19-15(5)23-16(6)32-19/h7-10,13-14H,11-12H2,1-6H3,(H,24,26,28). The molecule has 1 aromatic carbocycles. The SMILES string of the molecule is Cc1nc(C)c(-c2nnc(NC(=O)c3ccc(S(=O)(=O)N(CC(C)C)CC(C)C)cc3)o2)s1. The Morgan fingerprint density at radius 3 is 2.18 bits per heavy atom. The first-order valence-corrected chi connectivity index (χ1v) is 12.9. The lowest BCUT2D eigenvalue weighted by molar-refractivity contribution is 0.102. The zero-order valence-electron chi connectivity index (χ0n) is 19.6. The third kappa shape index (κ3) is 6.04. The first kappa shape index (κ1) is 25.0. The molecule has 0 aliphatic heterocycles. The van der Waals surface area contributed by atoms with Crippen LogP contribution in [0, 0.1) is 25.7 Å². The molecule has 0 saturated carbocycles. The first-order chi connectivity index (χ1) is 15.5. The molecule has 1 amide bonds. The number of carbonyl (C=O) groups excluding carboxylic acids is 1. The van der Waals surface area contributed by atoms with Crippen molar-refractivity contribution in [3.05, 3.63) is 40.5 Å². The van der Waals surface area contributed by atoms with Gasteiger partial charge in [-0.05, 0) is 49.9 Å². The van der Waals surface area contributed by atoms with E-state index in [9.17, 15) is 13.2 Å². The van der Waals surface area contributed by atoms with E-state index in [1.54, 1.807) is 0 Å². The topological polar surface area (TPSA) is 118 Å². The zero-order chi connectivity index (χ0) is 24.3. The highest BCUT2D eigenvalue weighted by Gasteiger charge is 2.26. The van der Waals surface area contributed by atoms with Crippen molar-refractivity contribution in [2.45, 2.75) is 46.4 Å². The van der Waals surface area contributed by atoms with Crippen LogP contribution in [0.15, 0.2) is 33.6 Å². The Morgan fingerprint density at radius 2 is 1.67 bits per heavy atom. The van der Waals surface area contributed by atoms with Crippen LogP contribution < -0.4 is 5.32 Å². The maximum absolute atomic E-state index is 13.1. The Kier molecular flexibility index (Phi) is 7.65. The van der Waals surface area contributed by atoms with Crippen LogP contribution in [-0.2, 0) is 10.0 Å². The average molecular weight is 492 g/mol. The minimum Gasteiger partial charge on any atom is -0.402 e. The van der Waals surface area contributed by atoms with Gasteiger partial charge in [0.1, 0.15) is 4.88 Å². The summed E-state index contributed by atoms with van der Waals surface area (Å²) < 4.78 is 33.3. The number of aromatic nitrogens is 3. The number of benzene rings is 1. The lowest BCUT2D eigenvalue weighted by Crippen LogP contribution is -2.37. The fourth-order valence-electron chi connectivity index (χ4n) is 3.28. The number of sulfonamides is 1. The highest BCUT2D eigenvalue weighted by atomic mass is 32.2. The second-order valence-electron chi connectivity index (χ2n) is 8.65. The molecule has 3 aromatic rings. The number of hydrogen-bond acceptors (Lipinski definition) is 8. The van der Waals surface area contributed by atoms with Gasteiger partial charge in [0, 0.05) is 18.7 Å². The Bertz CT molecular complexity index is 1200. The second-order valence-corrected chi connectivity index (χ2v) is 11.8. The van der Waals surface area contributed by atoms with Gasteiger partial charge in [0.05, 0.1) is 15.6 Å². The number of thiazole rings is 1. The minimum atomic E-state index is -3.67. The lowest BCUT2D eigenvalue weighted by Gasteiger charge is -2.25. The molecule has 178 valence electrons. The number of anilines is 1. The van der Waals surface area contributed by atoms with Crippen molar-refractivity contribution in [3.63, 3.8) is 0 Å². The second kappa shape index (κ2) is 10.1. The normalized spacial score (nSPS) is 12.2. The Labute approximate surface area is 198 Å². The van der Waals surface area contributed by atoms with E-state index in [1.807, 2.05) is 41.5 Å². The maximum Gasteiger partial charge on any atom is 0.322 e. The molecule has 0 spiro atoms. The summed E-state index contributed by atoms with van der Waals surface area (Å²) in [5.74, 6) is 0.193. The van der Waals surface area contributed by atoms with Crippen LogP contribution in [0.1, 0.15) is 48.8 Å². The van der Waals surface area contributed by atoms with Crippen molar-refractivity contribution in [3.8, 4) is 10.8 Å². The molecular formula is C22H29N5O4S2. The number of aryl methyl sites for hydroxylation is 2. The van der Waals surface area contributed by atoms with E-state index in [1.165, 1.54) is 39.9 Å². The summed E-state index contributed by atoms with van der Waals surface area (Å²) in [5.41, 5.74) is 1.05. The predicted molar refractivity (Wildman–Crippen MR) is 128 cm³/mol. The van der Waals surface area contributed by atoms with E-state index in [-0.39, 0.29) is 34.2 Å². The fourth-order valence-corrected chi connectivity index (χ4v) is 5.89. The highest BCUT2D eigenvalue weighted by Crippen LogP contribution is 2.29. The van der Waals surface area contributed by atoms with Crippen LogP contribution in [0.25, 0.3) is 10.8 Å². The molecule has 11 heteroatoms. The summed E-state index contributed by atoms with van der Waals surface area (Å²) in [4.78, 5) is 17.8. The molecule has 0 atom stereocenters. The molecular weight excluding hydrogens is 462 g/mol. The number of rotatable bonds is 9. The van der Waals surface area contributed by atoms with E-state index in [4.69, 9.17) is 4.42 Å². The molecule has 0 fully saturated rings. The molecule has 9 nitrogen and oxygen atoms in total. The molecule has 2 heterocycles. The van der Waals surface area contributed by atoms with Crippen molar-refractivity contribution in [1.82, 2.24) is 19.5 Å². The van der Waals surface area contributed by atoms with E-state index >= 15 is 0 Å². The van der Waals surface area contributed by atoms with E-state index in [0.717, 1.165) is 15.6 Å². The Balaban J connectivity index is 1.74. The van der Waals surface area contributed by atoms with Crippen LogP contribution in [0.3, 0.4) is 0 Å². The van der Waals surface area contributed by atoms with Gasteiger partial charge in [0.25, 0.3) is 11.8 Å². The van der Waals surface area contributed by atoms with E-state index in [2.05, 4.69) is 20.5 Å². The van der Waals surface area contributed by atoms with Crippen LogP contribution in [0.4, 0.5) is 6.01 Å². The van der Waals surface area contributed by atoms with Crippen molar-refractivity contribution >= 4 is 33.3 Å². The van der Waals surface area contributed by atoms with Crippen molar-refractivity contribution < 1.29 is 17.6 Å². The fraction of sp³-hybridized carbons (Fsp3) is 0.455. The van der Waals surface area contributed by atoms with Crippen LogP contribution in [0.2, 0.25) is 0 Å². The monoisotopic (exact) mass is 491 g/mol. The average Bonchev–Trinajstić information content (AvgIpc) is 3.32. The Hall–Kier alpha value is -2.63. The van der Waals surface area contributed by atoms with Gasteiger partial charge in [-0.2, -0.15) is 4.31 Å². The summed E-state index contributed by atoms with van der Waals surface area (Å²) in [6, 6.07) is 5.79. The summed E-state index contributed by atoms with van der Waals surface area (Å²) in [6.07, 6.45) is 0. The molecule has 3 rings (SSSR count). The lowest BCUT2D eigenvalue weighted by atomic mass is 10.2. The van der Waals surface area contributed by atoms with E-state index < -0.39 is 15.9 Å². The van der Waals surface area contributed by atoms with Crippen molar-refractivity contribution in [2.24, 2.45) is 11.8 Å². The quantitative estimate of drug-likeness (QED) is 0.472. The first-order valence-electron chi connectivity index (χ1n) is 10.7. The largest absolute Gasteiger partial charge is 0.402 e. The third-order valence-electron chi connectivity index (χ3n) is 4.64. The highest BCUT2D eigenvalue weighted by molar-refractivity contribution is 7.89. The molecule has 2 aromatic heterocycles. The van der Waals surface area contributed by atoms with Crippen molar-refractivity contribution in [2.75, 3.05) is 18.4 Å². The third-order valence-corrected chi connectivity index (χ3v) is 7.54. The number of amides is 1. The Morgan fingerprint density at radius 1 is 1.06 bits per heavy atom. The molecule has 0 unspecified atom stereocenters. The summed E-state index contributed by atoms with van der Waals surface area (Å²) in [7, 11) is -3.67. The number of carbonyl (C=O) groups is 1. The molecule has 1 N–H and O–H groups in total. The van der Waals surface area contributed by atoms with Gasteiger partial charge in [0.15, 0.2) is 0 Å². The van der Waals surface area contributed by atoms with E-state index in [0.29, 0.717) is 13.1 Å². The summed E-state index contributed by atoms with van der Waals surface area (Å²) in [6.45, 7) is 12.5. The van der Waals surface area contributed by atoms with Crippen molar-refractivity contribution in [1.29, 1.82) is 0 Å². The van der Waals surface area contributed by atoms with Crippen LogP contribution in [0.5, 0.6) is 0 Å². The maximum atomic E-state index is 13.1. The van der Waals surface area contributed by atoms with Crippen LogP contribution >= 0.6 is 11.3 Å². The number of hydrogen-bond donors (Lipinski definition) is 1. The molecule has 33 heavy (non-hydrogen) atoms. The van der Waals surface area contributed by atoms with Crippen LogP contribution in [-0.4, -0.2) is 46.9 Å². The van der Waals surface area contributed by atoms with Gasteiger partial charge < -0.3 is 4.42 Å². The molecule has 0 aliphatic carbocycles. The van der Waals surface area contributed by atoms with Gasteiger partial charge in [-0.3, -0.25) is 10.1 Å². The number of nitrogens with one attached hydrogen (secondary N) is 1. The number of nitrogens with zero attached hydrogens (tertiary/aromatic N) is 4. The van der Waals surface area contributed by atoms with Gasteiger partial charge in [-0.1, -0.05) is 32.8 Å². The van der Waals surface area contributed by atoms with Gasteiger partial charge in [0.2, 0.25) is 10.0 Å². The summed E-state index contributed by atoms with van der Waals surface area (Å²) in [5, 5.41) is 11.3.